The summed E-state index contributed by atoms with van der Waals surface area (Å²) in [5.74, 6) is 0. The summed E-state index contributed by atoms with van der Waals surface area (Å²) < 4.78 is 0. The molecule has 2 rings (SSSR count). The standard InChI is InChI=1S/C24H40N2.CH4/c1-21(2,3)23(6,7)24(8,20-13-10-9-11-14-20)22(4,5)15-12-17-26-18-16-25-19-26;/h9-11,13-14,19H,12,15-18H2,1-8H3;1H4. The molecule has 1 atom stereocenters. The van der Waals surface area contributed by atoms with E-state index >= 15 is 0 Å². The van der Waals surface area contributed by atoms with E-state index in [0.717, 1.165) is 19.6 Å². The molecule has 0 spiro atoms. The summed E-state index contributed by atoms with van der Waals surface area (Å²) >= 11 is 0. The summed E-state index contributed by atoms with van der Waals surface area (Å²) in [5, 5.41) is 0. The van der Waals surface area contributed by atoms with Crippen LogP contribution in [0.3, 0.4) is 0 Å². The highest BCUT2D eigenvalue weighted by Crippen LogP contribution is 2.61. The molecule has 1 aromatic carbocycles. The number of rotatable bonds is 7. The Kier molecular flexibility index (Phi) is 7.36. The van der Waals surface area contributed by atoms with Crippen molar-refractivity contribution in [1.29, 1.82) is 0 Å². The van der Waals surface area contributed by atoms with Gasteiger partial charge in [0.05, 0.1) is 12.9 Å². The van der Waals surface area contributed by atoms with Crippen LogP contribution in [0, 0.1) is 16.2 Å². The SMILES string of the molecule is C.CC(C)(C)C(C)(C)C(C)(c1ccccc1)C(C)(C)CCCN1C=NCC1. The van der Waals surface area contributed by atoms with Gasteiger partial charge < -0.3 is 4.90 Å². The van der Waals surface area contributed by atoms with Crippen LogP contribution >= 0.6 is 0 Å². The molecule has 1 aliphatic heterocycles. The highest BCUT2D eigenvalue weighted by molar-refractivity contribution is 5.56. The maximum Gasteiger partial charge on any atom is 0.0851 e. The van der Waals surface area contributed by atoms with Gasteiger partial charge in [0.1, 0.15) is 0 Å². The third kappa shape index (κ3) is 4.41. The van der Waals surface area contributed by atoms with E-state index in [2.05, 4.69) is 95.6 Å². The third-order valence-electron chi connectivity index (χ3n) is 7.84. The minimum atomic E-state index is 0. The molecule has 0 saturated carbocycles. The van der Waals surface area contributed by atoms with Crippen LogP contribution in [0.25, 0.3) is 0 Å². The van der Waals surface area contributed by atoms with Crippen LogP contribution in [0.5, 0.6) is 0 Å². The van der Waals surface area contributed by atoms with Crippen LogP contribution in [0.4, 0.5) is 0 Å². The van der Waals surface area contributed by atoms with Gasteiger partial charge in [0, 0.05) is 18.5 Å². The molecule has 0 amide bonds. The Hall–Kier alpha value is -1.31. The van der Waals surface area contributed by atoms with Crippen molar-refractivity contribution >= 4 is 6.34 Å². The lowest BCUT2D eigenvalue weighted by Crippen LogP contribution is -2.55. The molecular formula is C25H44N2. The largest absolute Gasteiger partial charge is 0.361 e. The van der Waals surface area contributed by atoms with Crippen LogP contribution in [0.15, 0.2) is 35.3 Å². The Morgan fingerprint density at radius 2 is 1.52 bits per heavy atom. The second-order valence-electron chi connectivity index (χ2n) is 10.4. The van der Waals surface area contributed by atoms with E-state index in [1.807, 2.05) is 6.34 Å². The van der Waals surface area contributed by atoms with E-state index < -0.39 is 0 Å². The van der Waals surface area contributed by atoms with Crippen molar-refractivity contribution in [2.75, 3.05) is 19.6 Å². The molecule has 0 saturated heterocycles. The quantitative estimate of drug-likeness (QED) is 0.513. The zero-order valence-electron chi connectivity index (χ0n) is 18.4. The lowest BCUT2D eigenvalue weighted by molar-refractivity contribution is -0.0436. The van der Waals surface area contributed by atoms with Gasteiger partial charge in [-0.25, -0.2) is 0 Å². The Labute approximate surface area is 169 Å². The lowest BCUT2D eigenvalue weighted by Gasteiger charge is -2.60. The summed E-state index contributed by atoms with van der Waals surface area (Å²) in [6, 6.07) is 11.2. The Morgan fingerprint density at radius 1 is 0.926 bits per heavy atom. The summed E-state index contributed by atoms with van der Waals surface area (Å²) in [6.45, 7) is 22.7. The van der Waals surface area contributed by atoms with Gasteiger partial charge in [-0.15, -0.1) is 0 Å². The Bertz CT molecular complexity index is 607. The Morgan fingerprint density at radius 3 is 2.00 bits per heavy atom. The van der Waals surface area contributed by atoms with E-state index in [4.69, 9.17) is 0 Å². The average molecular weight is 373 g/mol. The molecule has 0 radical (unpaired) electrons. The summed E-state index contributed by atoms with van der Waals surface area (Å²) in [4.78, 5) is 6.71. The molecule has 1 heterocycles. The Balaban J connectivity index is 0.00000364. The smallest absolute Gasteiger partial charge is 0.0851 e. The first-order valence-corrected chi connectivity index (χ1v) is 10.2. The van der Waals surface area contributed by atoms with Crippen LogP contribution in [0.1, 0.15) is 81.2 Å². The van der Waals surface area contributed by atoms with Crippen molar-refractivity contribution in [1.82, 2.24) is 4.90 Å². The van der Waals surface area contributed by atoms with Crippen molar-refractivity contribution in [2.24, 2.45) is 21.2 Å². The monoisotopic (exact) mass is 372 g/mol. The first kappa shape index (κ1) is 23.7. The van der Waals surface area contributed by atoms with E-state index in [1.165, 1.54) is 18.4 Å². The van der Waals surface area contributed by atoms with E-state index in [1.54, 1.807) is 0 Å². The molecule has 0 bridgehead atoms. The molecule has 27 heavy (non-hydrogen) atoms. The zero-order chi connectivity index (χ0) is 19.6. The highest BCUT2D eigenvalue weighted by Gasteiger charge is 2.56. The average Bonchev–Trinajstić information content (AvgIpc) is 3.06. The number of aliphatic imine (C=N–C) groups is 1. The van der Waals surface area contributed by atoms with Gasteiger partial charge in [0.25, 0.3) is 0 Å². The van der Waals surface area contributed by atoms with Crippen LogP contribution in [-0.2, 0) is 5.41 Å². The molecule has 1 aliphatic rings. The van der Waals surface area contributed by atoms with Gasteiger partial charge >= 0.3 is 0 Å². The molecule has 0 fully saturated rings. The van der Waals surface area contributed by atoms with Crippen molar-refractivity contribution in [3.63, 3.8) is 0 Å². The third-order valence-corrected chi connectivity index (χ3v) is 7.84. The van der Waals surface area contributed by atoms with Crippen LogP contribution in [0.2, 0.25) is 0 Å². The lowest BCUT2D eigenvalue weighted by atomic mass is 9.44. The van der Waals surface area contributed by atoms with Gasteiger partial charge in [-0.2, -0.15) is 0 Å². The van der Waals surface area contributed by atoms with Crippen molar-refractivity contribution in [2.45, 2.75) is 81.1 Å². The topological polar surface area (TPSA) is 15.6 Å². The second-order valence-corrected chi connectivity index (χ2v) is 10.4. The minimum Gasteiger partial charge on any atom is -0.361 e. The number of benzene rings is 1. The first-order valence-electron chi connectivity index (χ1n) is 10.2. The highest BCUT2D eigenvalue weighted by atomic mass is 15.2. The molecule has 154 valence electrons. The normalized spacial score (nSPS) is 17.6. The fourth-order valence-corrected chi connectivity index (χ4v) is 4.68. The summed E-state index contributed by atoms with van der Waals surface area (Å²) in [6.07, 6.45) is 4.45. The number of nitrogens with zero attached hydrogens (tertiary/aromatic N) is 2. The summed E-state index contributed by atoms with van der Waals surface area (Å²) in [7, 11) is 0. The zero-order valence-corrected chi connectivity index (χ0v) is 18.4. The number of hydrogen-bond donors (Lipinski definition) is 0. The van der Waals surface area contributed by atoms with E-state index in [-0.39, 0.29) is 29.1 Å². The summed E-state index contributed by atoms with van der Waals surface area (Å²) in [5.41, 5.74) is 2.06. The maximum absolute atomic E-state index is 4.35. The predicted octanol–water partition coefficient (Wildman–Crippen LogP) is 6.80. The minimum absolute atomic E-state index is 0. The molecule has 2 heteroatoms. The van der Waals surface area contributed by atoms with Gasteiger partial charge in [-0.3, -0.25) is 4.99 Å². The fraction of sp³-hybridized carbons (Fsp3) is 0.720. The first-order chi connectivity index (χ1) is 11.9. The van der Waals surface area contributed by atoms with E-state index in [0.29, 0.717) is 0 Å². The van der Waals surface area contributed by atoms with Crippen molar-refractivity contribution in [3.8, 4) is 0 Å². The molecule has 0 N–H and O–H groups in total. The van der Waals surface area contributed by atoms with Gasteiger partial charge in [0.2, 0.25) is 0 Å². The molecule has 1 aromatic rings. The molecule has 0 aromatic heterocycles. The van der Waals surface area contributed by atoms with Gasteiger partial charge in [-0.05, 0) is 34.7 Å². The second kappa shape index (κ2) is 8.37. The predicted molar refractivity (Wildman–Crippen MR) is 122 cm³/mol. The van der Waals surface area contributed by atoms with Crippen molar-refractivity contribution < 1.29 is 0 Å². The van der Waals surface area contributed by atoms with Crippen LogP contribution < -0.4 is 0 Å². The molecule has 2 nitrogen and oxygen atoms in total. The van der Waals surface area contributed by atoms with Gasteiger partial charge in [0.15, 0.2) is 0 Å². The number of hydrogen-bond acceptors (Lipinski definition) is 2. The molecule has 0 aliphatic carbocycles. The van der Waals surface area contributed by atoms with Gasteiger partial charge in [-0.1, -0.05) is 93.1 Å². The van der Waals surface area contributed by atoms with Crippen molar-refractivity contribution in [3.05, 3.63) is 35.9 Å². The van der Waals surface area contributed by atoms with E-state index in [9.17, 15) is 0 Å². The molecule has 1 unspecified atom stereocenters. The maximum atomic E-state index is 4.35. The fourth-order valence-electron chi connectivity index (χ4n) is 4.68. The molecular weight excluding hydrogens is 328 g/mol. The van der Waals surface area contributed by atoms with Crippen LogP contribution in [-0.4, -0.2) is 30.9 Å².